The van der Waals surface area contributed by atoms with Gasteiger partial charge < -0.3 is 0 Å². The smallest absolute Gasteiger partial charge is 0.126 e. The number of hydrogen-bond donors (Lipinski definition) is 0. The quantitative estimate of drug-likeness (QED) is 0.229. The van der Waals surface area contributed by atoms with Crippen LogP contribution in [0.5, 0.6) is 0 Å². The summed E-state index contributed by atoms with van der Waals surface area (Å²) in [6.45, 7) is 17.6. The molecule has 0 aliphatic heterocycles. The van der Waals surface area contributed by atoms with E-state index in [0.29, 0.717) is 22.4 Å². The van der Waals surface area contributed by atoms with Crippen molar-refractivity contribution in [1.29, 1.82) is 0 Å². The second kappa shape index (κ2) is 9.33. The average Bonchev–Trinajstić information content (AvgIpc) is 2.61. The van der Waals surface area contributed by atoms with Crippen molar-refractivity contribution in [3.05, 3.63) is 82.2 Å². The summed E-state index contributed by atoms with van der Waals surface area (Å²) in [5, 5.41) is 0. The maximum atomic E-state index is 14.2. The normalized spacial score (nSPS) is 13.2. The molecule has 0 heterocycles. The Bertz CT molecular complexity index is 879. The van der Waals surface area contributed by atoms with Crippen LogP contribution in [0.25, 0.3) is 0 Å². The number of hydrogen-bond acceptors (Lipinski definition) is 1. The van der Waals surface area contributed by atoms with Crippen LogP contribution in [-0.4, -0.2) is 11.3 Å². The zero-order valence-corrected chi connectivity index (χ0v) is 17.6. The fraction of sp³-hybridized carbons (Fsp3) is 0.320. The van der Waals surface area contributed by atoms with Gasteiger partial charge in [-0.3, -0.25) is 4.99 Å². The van der Waals surface area contributed by atoms with E-state index >= 15 is 0 Å². The molecular weight excluding hydrogens is 333 g/mol. The molecule has 0 radical (unpaired) electrons. The standard InChI is InChI=1S/C25H30FN/c1-10-21(19(6)16-15-18(5)17(3)4)24(27-25(8,9)11-2)22-13-12-14-23(26)20(22)7/h1,11-16H,2H2,3-9H3/b16-15-,21-19-,27-24-. The van der Waals surface area contributed by atoms with Gasteiger partial charge in [0.2, 0.25) is 0 Å². The molecule has 0 aromatic heterocycles. The van der Waals surface area contributed by atoms with Gasteiger partial charge in [-0.15, -0.1) is 13.0 Å². The lowest BCUT2D eigenvalue weighted by atomic mass is 9.93. The van der Waals surface area contributed by atoms with E-state index in [1.165, 1.54) is 17.2 Å². The molecule has 2 heteroatoms. The first-order valence-corrected chi connectivity index (χ1v) is 9.03. The Kier molecular flexibility index (Phi) is 7.73. The number of terminal acetylenes is 1. The van der Waals surface area contributed by atoms with E-state index in [9.17, 15) is 4.39 Å². The molecule has 1 nitrogen and oxygen atoms in total. The number of rotatable bonds is 6. The summed E-state index contributed by atoms with van der Waals surface area (Å²) in [5.41, 5.74) is 5.27. The molecule has 0 atom stereocenters. The topological polar surface area (TPSA) is 12.4 Å². The van der Waals surface area contributed by atoms with E-state index in [2.05, 4.69) is 33.3 Å². The predicted molar refractivity (Wildman–Crippen MR) is 117 cm³/mol. The number of nitrogens with zero attached hydrogens (tertiary/aromatic N) is 1. The van der Waals surface area contributed by atoms with Gasteiger partial charge in [-0.25, -0.2) is 4.39 Å². The highest BCUT2D eigenvalue weighted by Crippen LogP contribution is 2.23. The van der Waals surface area contributed by atoms with E-state index in [4.69, 9.17) is 11.4 Å². The van der Waals surface area contributed by atoms with E-state index < -0.39 is 5.54 Å². The molecule has 27 heavy (non-hydrogen) atoms. The van der Waals surface area contributed by atoms with Gasteiger partial charge in [-0.2, -0.15) is 0 Å². The first kappa shape index (κ1) is 22.4. The lowest BCUT2D eigenvalue weighted by molar-refractivity contribution is 0.617. The Morgan fingerprint density at radius 2 is 1.74 bits per heavy atom. The minimum atomic E-state index is -0.532. The predicted octanol–water partition coefficient (Wildman–Crippen LogP) is 6.75. The summed E-state index contributed by atoms with van der Waals surface area (Å²) in [4.78, 5) is 4.84. The van der Waals surface area contributed by atoms with Gasteiger partial charge in [-0.1, -0.05) is 47.4 Å². The molecule has 0 amide bonds. The number of halogens is 1. The molecule has 0 bridgehead atoms. The largest absolute Gasteiger partial charge is 0.273 e. The fourth-order valence-corrected chi connectivity index (χ4v) is 2.32. The Morgan fingerprint density at radius 1 is 1.15 bits per heavy atom. The molecule has 0 saturated carbocycles. The van der Waals surface area contributed by atoms with Crippen molar-refractivity contribution in [3.63, 3.8) is 0 Å². The summed E-state index contributed by atoms with van der Waals surface area (Å²) in [7, 11) is 0. The SMILES string of the molecule is C#CC(=C(C)/C=C\C(C)=C(C)C)/C(=N/C(C)(C)C=C)c1cccc(F)c1C. The Labute approximate surface area is 164 Å². The number of aliphatic imine (C=N–C) groups is 1. The maximum absolute atomic E-state index is 14.2. The first-order chi connectivity index (χ1) is 12.5. The van der Waals surface area contributed by atoms with Crippen molar-refractivity contribution in [1.82, 2.24) is 0 Å². The molecule has 1 rings (SSSR count). The summed E-state index contributed by atoms with van der Waals surface area (Å²) in [5.74, 6) is 2.50. The molecule has 0 spiro atoms. The van der Waals surface area contributed by atoms with Gasteiger partial charge in [-0.05, 0) is 65.7 Å². The average molecular weight is 364 g/mol. The summed E-state index contributed by atoms with van der Waals surface area (Å²) in [6.07, 6.45) is 11.7. The van der Waals surface area contributed by atoms with Crippen molar-refractivity contribution >= 4 is 5.71 Å². The highest BCUT2D eigenvalue weighted by Gasteiger charge is 2.19. The highest BCUT2D eigenvalue weighted by molar-refractivity contribution is 6.17. The van der Waals surface area contributed by atoms with Crippen LogP contribution in [0.15, 0.2) is 70.3 Å². The molecule has 0 saturated heterocycles. The van der Waals surface area contributed by atoms with E-state index in [1.807, 2.05) is 39.0 Å². The van der Waals surface area contributed by atoms with E-state index in [-0.39, 0.29) is 5.82 Å². The third-order valence-electron chi connectivity index (χ3n) is 4.57. The van der Waals surface area contributed by atoms with Crippen LogP contribution in [-0.2, 0) is 0 Å². The summed E-state index contributed by atoms with van der Waals surface area (Å²) >= 11 is 0. The molecule has 1 aromatic carbocycles. The number of benzene rings is 1. The van der Waals surface area contributed by atoms with Crippen molar-refractivity contribution in [2.24, 2.45) is 4.99 Å². The highest BCUT2D eigenvalue weighted by atomic mass is 19.1. The molecule has 0 fully saturated rings. The third-order valence-corrected chi connectivity index (χ3v) is 4.57. The van der Waals surface area contributed by atoms with Crippen LogP contribution in [0.2, 0.25) is 0 Å². The van der Waals surface area contributed by atoms with E-state index in [0.717, 1.165) is 5.57 Å². The lowest BCUT2D eigenvalue weighted by Gasteiger charge is -2.20. The third kappa shape index (κ3) is 5.93. The fourth-order valence-electron chi connectivity index (χ4n) is 2.32. The summed E-state index contributed by atoms with van der Waals surface area (Å²) < 4.78 is 14.2. The number of allylic oxidation sites excluding steroid dienone is 6. The summed E-state index contributed by atoms with van der Waals surface area (Å²) in [6, 6.07) is 4.98. The van der Waals surface area contributed by atoms with Crippen molar-refractivity contribution in [2.75, 3.05) is 0 Å². The minimum absolute atomic E-state index is 0.276. The molecule has 0 aliphatic rings. The molecule has 1 aromatic rings. The van der Waals surface area contributed by atoms with Crippen molar-refractivity contribution < 1.29 is 4.39 Å². The zero-order valence-electron chi connectivity index (χ0n) is 17.6. The Morgan fingerprint density at radius 3 is 2.26 bits per heavy atom. The monoisotopic (exact) mass is 363 g/mol. The van der Waals surface area contributed by atoms with Gasteiger partial charge in [0.25, 0.3) is 0 Å². The maximum Gasteiger partial charge on any atom is 0.126 e. The zero-order chi connectivity index (χ0) is 20.8. The lowest BCUT2D eigenvalue weighted by Crippen LogP contribution is -2.19. The minimum Gasteiger partial charge on any atom is -0.273 e. The Hall–Kier alpha value is -2.66. The van der Waals surface area contributed by atoms with Crippen LogP contribution >= 0.6 is 0 Å². The van der Waals surface area contributed by atoms with Gasteiger partial charge in [0, 0.05) is 5.56 Å². The molecule has 0 aliphatic carbocycles. The van der Waals surface area contributed by atoms with Crippen LogP contribution in [0.4, 0.5) is 4.39 Å². The van der Waals surface area contributed by atoms with E-state index in [1.54, 1.807) is 19.1 Å². The Balaban J connectivity index is 3.75. The van der Waals surface area contributed by atoms with Crippen LogP contribution < -0.4 is 0 Å². The molecular formula is C25H30FN. The first-order valence-electron chi connectivity index (χ1n) is 9.03. The van der Waals surface area contributed by atoms with Crippen LogP contribution in [0, 0.1) is 25.1 Å². The molecule has 142 valence electrons. The van der Waals surface area contributed by atoms with Gasteiger partial charge in [0.15, 0.2) is 0 Å². The van der Waals surface area contributed by atoms with Crippen LogP contribution in [0.1, 0.15) is 52.7 Å². The van der Waals surface area contributed by atoms with Gasteiger partial charge in [0.1, 0.15) is 5.82 Å². The van der Waals surface area contributed by atoms with Gasteiger partial charge >= 0.3 is 0 Å². The second-order valence-electron chi connectivity index (χ2n) is 7.45. The molecule has 0 N–H and O–H groups in total. The van der Waals surface area contributed by atoms with Crippen LogP contribution in [0.3, 0.4) is 0 Å². The van der Waals surface area contributed by atoms with Gasteiger partial charge in [0.05, 0.1) is 16.8 Å². The molecule has 0 unspecified atom stereocenters. The van der Waals surface area contributed by atoms with Crippen molar-refractivity contribution in [3.8, 4) is 12.3 Å². The van der Waals surface area contributed by atoms with Crippen molar-refractivity contribution in [2.45, 2.75) is 54.0 Å². The second-order valence-corrected chi connectivity index (χ2v) is 7.45.